The Morgan fingerprint density at radius 3 is 2.50 bits per heavy atom. The molecule has 1 amide bonds. The molecule has 0 aliphatic carbocycles. The Morgan fingerprint density at radius 1 is 1.12 bits per heavy atom. The second-order valence-corrected chi connectivity index (χ2v) is 7.75. The zero-order chi connectivity index (χ0) is 18.3. The van der Waals surface area contributed by atoms with Crippen LogP contribution in [0.25, 0.3) is 5.57 Å². The molecular formula is C19H29N5O2. The number of hydrogen-bond donors (Lipinski definition) is 2. The first-order valence-corrected chi connectivity index (χ1v) is 9.56. The van der Waals surface area contributed by atoms with Gasteiger partial charge in [0, 0.05) is 70.3 Å². The fourth-order valence-corrected chi connectivity index (χ4v) is 4.34. The summed E-state index contributed by atoms with van der Waals surface area (Å²) in [6.07, 6.45) is 4.92. The second-order valence-electron chi connectivity index (χ2n) is 7.75. The third-order valence-corrected chi connectivity index (χ3v) is 6.08. The molecule has 1 aromatic rings. The molecule has 2 fully saturated rings. The van der Waals surface area contributed by atoms with Gasteiger partial charge in [0.2, 0.25) is 0 Å². The number of likely N-dealkylation sites (N-methyl/N-ethyl adjacent to an activating group) is 1. The van der Waals surface area contributed by atoms with Crippen molar-refractivity contribution in [2.24, 2.45) is 0 Å². The molecule has 2 saturated heterocycles. The van der Waals surface area contributed by atoms with Crippen molar-refractivity contribution in [2.75, 3.05) is 53.4 Å². The van der Waals surface area contributed by atoms with Crippen LogP contribution >= 0.6 is 0 Å². The van der Waals surface area contributed by atoms with Crippen molar-refractivity contribution in [3.05, 3.63) is 29.7 Å². The molecule has 3 aliphatic rings. The number of nitrogens with zero attached hydrogens (tertiary/aromatic N) is 4. The van der Waals surface area contributed by atoms with Gasteiger partial charge in [0.05, 0.1) is 11.3 Å². The molecule has 0 radical (unpaired) electrons. The van der Waals surface area contributed by atoms with Gasteiger partial charge in [0.25, 0.3) is 5.91 Å². The maximum absolute atomic E-state index is 13.1. The molecular weight excluding hydrogens is 330 g/mol. The normalized spacial score (nSPS) is 26.0. The van der Waals surface area contributed by atoms with Crippen molar-refractivity contribution in [3.63, 3.8) is 0 Å². The average Bonchev–Trinajstić information content (AvgIpc) is 3.15. The van der Waals surface area contributed by atoms with Crippen LogP contribution in [0.2, 0.25) is 0 Å². The Balaban J connectivity index is 1.40. The van der Waals surface area contributed by atoms with Crippen molar-refractivity contribution in [1.82, 2.24) is 24.6 Å². The fraction of sp³-hybridized carbons (Fsp3) is 0.632. The molecule has 7 nitrogen and oxygen atoms in total. The van der Waals surface area contributed by atoms with Crippen LogP contribution in [0.4, 0.5) is 0 Å². The van der Waals surface area contributed by atoms with E-state index in [1.165, 1.54) is 0 Å². The lowest BCUT2D eigenvalue weighted by atomic mass is 9.98. The average molecular weight is 359 g/mol. The Morgan fingerprint density at radius 2 is 1.81 bits per heavy atom. The number of H-pyrrole nitrogens is 1. The van der Waals surface area contributed by atoms with E-state index in [1.807, 2.05) is 11.0 Å². The highest BCUT2D eigenvalue weighted by molar-refractivity contribution is 6.20. The number of likely N-dealkylation sites (tertiary alicyclic amines) is 1. The van der Waals surface area contributed by atoms with Crippen LogP contribution < -0.4 is 0 Å². The fourth-order valence-electron chi connectivity index (χ4n) is 4.34. The van der Waals surface area contributed by atoms with Gasteiger partial charge in [-0.2, -0.15) is 0 Å². The van der Waals surface area contributed by atoms with Crippen LogP contribution in [0.1, 0.15) is 30.3 Å². The number of piperidine rings is 1. The van der Waals surface area contributed by atoms with Crippen molar-refractivity contribution < 1.29 is 9.90 Å². The summed E-state index contributed by atoms with van der Waals surface area (Å²) in [7, 11) is 3.97. The monoisotopic (exact) mass is 359 g/mol. The maximum atomic E-state index is 13.1. The minimum absolute atomic E-state index is 0.0708. The first kappa shape index (κ1) is 17.6. The Kier molecular flexibility index (Phi) is 4.77. The van der Waals surface area contributed by atoms with Crippen molar-refractivity contribution in [1.29, 1.82) is 0 Å². The van der Waals surface area contributed by atoms with E-state index in [2.05, 4.69) is 21.8 Å². The van der Waals surface area contributed by atoms with Crippen LogP contribution in [0.15, 0.2) is 18.5 Å². The van der Waals surface area contributed by atoms with Crippen molar-refractivity contribution in [3.8, 4) is 0 Å². The third-order valence-electron chi connectivity index (χ3n) is 6.08. The number of aliphatic hydroxyl groups excluding tert-OH is 1. The van der Waals surface area contributed by atoms with E-state index in [4.69, 9.17) is 0 Å². The molecule has 142 valence electrons. The number of fused-ring (bicyclic) bond motifs is 1. The lowest BCUT2D eigenvalue weighted by Gasteiger charge is -2.42. The molecule has 4 heterocycles. The molecule has 1 unspecified atom stereocenters. The lowest BCUT2D eigenvalue weighted by molar-refractivity contribution is -0.126. The summed E-state index contributed by atoms with van der Waals surface area (Å²) in [5.74, 6) is 0.0708. The predicted molar refractivity (Wildman–Crippen MR) is 100 cm³/mol. The summed E-state index contributed by atoms with van der Waals surface area (Å²) >= 11 is 0. The minimum atomic E-state index is -0.723. The van der Waals surface area contributed by atoms with E-state index in [0.717, 1.165) is 57.7 Å². The number of amides is 1. The third kappa shape index (κ3) is 3.15. The molecule has 0 saturated carbocycles. The highest BCUT2D eigenvalue weighted by Gasteiger charge is 2.33. The molecule has 26 heavy (non-hydrogen) atoms. The molecule has 2 N–H and O–H groups in total. The maximum Gasteiger partial charge on any atom is 0.256 e. The first-order valence-electron chi connectivity index (χ1n) is 9.56. The van der Waals surface area contributed by atoms with Crippen LogP contribution in [0.3, 0.4) is 0 Å². The van der Waals surface area contributed by atoms with Crippen LogP contribution in [-0.2, 0) is 4.79 Å². The smallest absolute Gasteiger partial charge is 0.256 e. The summed E-state index contributed by atoms with van der Waals surface area (Å²) in [5.41, 5.74) is 2.19. The summed E-state index contributed by atoms with van der Waals surface area (Å²) in [6.45, 7) is 6.15. The number of rotatable bonds is 2. The van der Waals surface area contributed by atoms with E-state index in [9.17, 15) is 9.90 Å². The van der Waals surface area contributed by atoms with Gasteiger partial charge >= 0.3 is 0 Å². The topological polar surface area (TPSA) is 66.1 Å². The van der Waals surface area contributed by atoms with Gasteiger partial charge in [-0.05, 0) is 26.0 Å². The summed E-state index contributed by atoms with van der Waals surface area (Å²) in [4.78, 5) is 24.8. The highest BCUT2D eigenvalue weighted by Crippen LogP contribution is 2.33. The number of nitrogens with one attached hydrogen (secondary N) is 1. The lowest BCUT2D eigenvalue weighted by Crippen LogP contribution is -2.53. The van der Waals surface area contributed by atoms with E-state index in [0.29, 0.717) is 17.3 Å². The highest BCUT2D eigenvalue weighted by atomic mass is 16.3. The zero-order valence-corrected chi connectivity index (χ0v) is 15.7. The molecule has 7 heteroatoms. The van der Waals surface area contributed by atoms with Crippen molar-refractivity contribution >= 4 is 11.5 Å². The number of aliphatic hydroxyl groups is 1. The van der Waals surface area contributed by atoms with E-state index < -0.39 is 6.23 Å². The molecule has 1 aromatic heterocycles. The van der Waals surface area contributed by atoms with Crippen LogP contribution in [0.5, 0.6) is 0 Å². The number of aromatic amines is 1. The van der Waals surface area contributed by atoms with Gasteiger partial charge in [-0.15, -0.1) is 0 Å². The van der Waals surface area contributed by atoms with Crippen molar-refractivity contribution in [2.45, 2.75) is 25.1 Å². The first-order chi connectivity index (χ1) is 12.5. The predicted octanol–water partition coefficient (Wildman–Crippen LogP) is 0.530. The molecule has 4 rings (SSSR count). The molecule has 1 atom stereocenters. The van der Waals surface area contributed by atoms with Gasteiger partial charge in [0.15, 0.2) is 6.23 Å². The van der Waals surface area contributed by atoms with Gasteiger partial charge in [-0.1, -0.05) is 0 Å². The van der Waals surface area contributed by atoms with Gasteiger partial charge in [-0.25, -0.2) is 0 Å². The minimum Gasteiger partial charge on any atom is -0.368 e. The van der Waals surface area contributed by atoms with E-state index in [1.54, 1.807) is 24.3 Å². The molecule has 3 aliphatic heterocycles. The Labute approximate surface area is 154 Å². The second kappa shape index (κ2) is 7.06. The van der Waals surface area contributed by atoms with E-state index in [-0.39, 0.29) is 5.91 Å². The number of piperazine rings is 1. The summed E-state index contributed by atoms with van der Waals surface area (Å²) in [6, 6.07) is 2.48. The standard InChI is InChI=1S/C19H29N5O2/c1-21-9-11-23(12-10-21)14-4-7-24(8-5-14)18(25)16-13-22(2)19(26)17-15(16)3-6-20-17/h3,6,13-14,19-20,26H,4-5,7-12H2,1-2H3. The van der Waals surface area contributed by atoms with Crippen LogP contribution in [-0.4, -0.2) is 95.0 Å². The number of carbonyl (C=O) groups is 1. The Hall–Kier alpha value is -1.83. The largest absolute Gasteiger partial charge is 0.368 e. The Bertz CT molecular complexity index is 684. The van der Waals surface area contributed by atoms with Gasteiger partial charge in [0.1, 0.15) is 0 Å². The molecule has 0 bridgehead atoms. The molecule has 0 spiro atoms. The summed E-state index contributed by atoms with van der Waals surface area (Å²) < 4.78 is 0. The SMILES string of the molecule is CN1CCN(C2CCN(C(=O)C3=CN(C)C(O)c4[nH]ccc43)CC2)CC1. The zero-order valence-electron chi connectivity index (χ0n) is 15.7. The number of aromatic nitrogens is 1. The summed E-state index contributed by atoms with van der Waals surface area (Å²) in [5, 5.41) is 10.2. The molecule has 0 aromatic carbocycles. The van der Waals surface area contributed by atoms with E-state index >= 15 is 0 Å². The van der Waals surface area contributed by atoms with Gasteiger partial charge < -0.3 is 24.8 Å². The van der Waals surface area contributed by atoms with Crippen LogP contribution in [0, 0.1) is 0 Å². The number of hydrogen-bond acceptors (Lipinski definition) is 5. The quantitative estimate of drug-likeness (QED) is 0.806. The van der Waals surface area contributed by atoms with Gasteiger partial charge in [-0.3, -0.25) is 9.69 Å². The number of carbonyl (C=O) groups excluding carboxylic acids is 1.